The first-order valence-corrected chi connectivity index (χ1v) is 15.0. The molecule has 202 valence electrons. The summed E-state index contributed by atoms with van der Waals surface area (Å²) in [7, 11) is -10.7. The Kier molecular flexibility index (Phi) is 7.95. The maximum Gasteiger partial charge on any atom is 0.158 e. The van der Waals surface area contributed by atoms with Crippen LogP contribution >= 0.6 is 19.6 Å². The summed E-state index contributed by atoms with van der Waals surface area (Å²) >= 11 is 5.59. The molecule has 0 saturated heterocycles. The molecule has 0 radical (unpaired) electrons. The van der Waals surface area contributed by atoms with Gasteiger partial charge in [-0.05, 0) is 82.9 Å². The van der Waals surface area contributed by atoms with Gasteiger partial charge in [0, 0.05) is 15.4 Å². The summed E-state index contributed by atoms with van der Waals surface area (Å²) < 4.78 is 59.2. The molecule has 5 aromatic rings. The van der Waals surface area contributed by atoms with Crippen LogP contribution in [0.25, 0.3) is 33.4 Å². The van der Waals surface area contributed by atoms with Gasteiger partial charge in [0.1, 0.15) is 0 Å². The number of benzene rings is 5. The first kappa shape index (κ1) is 28.8. The van der Waals surface area contributed by atoms with Crippen molar-refractivity contribution < 1.29 is 25.2 Å². The van der Waals surface area contributed by atoms with E-state index in [1.54, 1.807) is 11.8 Å². The summed E-state index contributed by atoms with van der Waals surface area (Å²) in [4.78, 5) is 3.59. The van der Waals surface area contributed by atoms with Crippen LogP contribution in [0.3, 0.4) is 0 Å². The molecule has 0 aliphatic rings. The predicted octanol–water partition coefficient (Wildman–Crippen LogP) is 11.6. The van der Waals surface area contributed by atoms with Crippen LogP contribution in [0.2, 0.25) is 0 Å². The maximum atomic E-state index is 9.87. The fourth-order valence-corrected chi connectivity index (χ4v) is 4.91. The number of hydrogen-bond acceptors (Lipinski definition) is 1. The minimum absolute atomic E-state index is 1.09. The molecule has 0 N–H and O–H groups in total. The zero-order valence-corrected chi connectivity index (χ0v) is 23.0. The molecule has 0 aliphatic heterocycles. The molecule has 5 rings (SSSR count). The zero-order chi connectivity index (χ0) is 28.2. The van der Waals surface area contributed by atoms with Crippen molar-refractivity contribution in [3.8, 4) is 33.4 Å². The van der Waals surface area contributed by atoms with Crippen molar-refractivity contribution in [2.75, 3.05) is 0 Å². The Hall–Kier alpha value is -3.19. The monoisotopic (exact) mass is 592 g/mol. The van der Waals surface area contributed by atoms with Gasteiger partial charge >= 0.3 is 33.0 Å². The van der Waals surface area contributed by atoms with Crippen molar-refractivity contribution in [1.82, 2.24) is 0 Å². The van der Waals surface area contributed by atoms with E-state index in [-0.39, 0.29) is 0 Å². The van der Waals surface area contributed by atoms with Crippen LogP contribution in [0.5, 0.6) is 0 Å². The van der Waals surface area contributed by atoms with E-state index in [0.29, 0.717) is 0 Å². The van der Waals surface area contributed by atoms with E-state index in [4.69, 9.17) is 0 Å². The van der Waals surface area contributed by atoms with Gasteiger partial charge in [-0.3, -0.25) is 0 Å². The average molecular weight is 593 g/mol. The Morgan fingerprint density at radius 3 is 1.38 bits per heavy atom. The van der Waals surface area contributed by atoms with Crippen molar-refractivity contribution in [3.63, 3.8) is 0 Å². The number of rotatable bonds is 5. The van der Waals surface area contributed by atoms with Crippen LogP contribution in [-0.2, 0) is 12.6 Å². The third-order valence-corrected chi connectivity index (χ3v) is 6.94. The summed E-state index contributed by atoms with van der Waals surface area (Å²) in [6.45, 7) is 0. The molecule has 0 unspecified atom stereocenters. The molecule has 0 saturated carbocycles. The van der Waals surface area contributed by atoms with E-state index in [2.05, 4.69) is 128 Å². The van der Waals surface area contributed by atoms with Crippen LogP contribution in [-0.4, -0.2) is 0 Å². The average Bonchev–Trinajstić information content (AvgIpc) is 2.89. The molecule has 0 heterocycles. The summed E-state index contributed by atoms with van der Waals surface area (Å²) in [6, 6.07) is 45.1. The zero-order valence-electron chi connectivity index (χ0n) is 20.2. The van der Waals surface area contributed by atoms with Gasteiger partial charge in [-0.1, -0.05) is 96.7 Å². The molecule has 0 aliphatic carbocycles. The van der Waals surface area contributed by atoms with Crippen molar-refractivity contribution in [2.45, 2.75) is 14.7 Å². The molecule has 0 nitrogen and oxygen atoms in total. The van der Waals surface area contributed by atoms with Crippen molar-refractivity contribution in [2.24, 2.45) is 0 Å². The summed E-state index contributed by atoms with van der Waals surface area (Å²) in [6.07, 6.45) is 0. The summed E-state index contributed by atoms with van der Waals surface area (Å²) in [5.41, 5.74) is 7.29. The van der Waals surface area contributed by atoms with E-state index in [1.165, 1.54) is 43.2 Å². The number of hydrogen-bond donors (Lipinski definition) is 0. The SMILES string of the molecule is F[P-](F)(F)(F)(F)F.[SH2+]c1ccc(-c2ccc(Sc3ccccc3)cc2)cc1-c1ccc(-c2ccccc2)cc1. The Morgan fingerprint density at radius 2 is 0.821 bits per heavy atom. The Bertz CT molecular complexity index is 1530. The van der Waals surface area contributed by atoms with Crippen LogP contribution < -0.4 is 0 Å². The molecule has 0 fully saturated rings. The largest absolute Gasteiger partial charge is 0.158 e. The fraction of sp³-hybridized carbons (Fsp3) is 0. The second-order valence-electron chi connectivity index (χ2n) is 8.60. The standard InChI is InChI=1S/C30H22S2.F6P/c31-30-20-17-26(24-15-18-28(19-16-24)32-27-9-5-2-6-10-27)21-29(30)25-13-11-23(12-14-25)22-7-3-1-4-8-22;1-7(2,3,4,5)6/h1-21,31H;/q;-1/p+1. The smallest absolute Gasteiger partial charge is 0.0901 e. The van der Waals surface area contributed by atoms with Gasteiger partial charge in [-0.25, -0.2) is 0 Å². The van der Waals surface area contributed by atoms with Crippen molar-refractivity contribution in [3.05, 3.63) is 127 Å². The van der Waals surface area contributed by atoms with E-state index < -0.39 is 7.81 Å². The molecule has 0 atom stereocenters. The Labute approximate surface area is 232 Å². The van der Waals surface area contributed by atoms with Gasteiger partial charge in [0.15, 0.2) is 4.90 Å². The Morgan fingerprint density at radius 1 is 0.436 bits per heavy atom. The fourth-order valence-electron chi connectivity index (χ4n) is 3.78. The van der Waals surface area contributed by atoms with Gasteiger partial charge in [0.25, 0.3) is 0 Å². The van der Waals surface area contributed by atoms with Gasteiger partial charge in [-0.15, -0.1) is 0 Å². The van der Waals surface area contributed by atoms with Crippen molar-refractivity contribution >= 4 is 32.2 Å². The minimum atomic E-state index is -10.7. The van der Waals surface area contributed by atoms with Crippen LogP contribution in [0, 0.1) is 0 Å². The van der Waals surface area contributed by atoms with E-state index in [9.17, 15) is 25.2 Å². The van der Waals surface area contributed by atoms with Crippen LogP contribution in [0.4, 0.5) is 25.2 Å². The number of halogens is 6. The Balaban J connectivity index is 0.000000448. The van der Waals surface area contributed by atoms with E-state index in [0.717, 1.165) is 4.90 Å². The quantitative estimate of drug-likeness (QED) is 0.111. The molecule has 9 heteroatoms. The third-order valence-electron chi connectivity index (χ3n) is 5.49. The second kappa shape index (κ2) is 10.8. The first-order valence-electron chi connectivity index (χ1n) is 11.6. The maximum absolute atomic E-state index is 10.7. The molecule has 0 bridgehead atoms. The molecular formula is C30H23F6PS2. The second-order valence-corrected chi connectivity index (χ2v) is 12.2. The topological polar surface area (TPSA) is 0 Å². The molecule has 39 heavy (non-hydrogen) atoms. The van der Waals surface area contributed by atoms with Crippen molar-refractivity contribution in [1.29, 1.82) is 0 Å². The minimum Gasteiger partial charge on any atom is -0.0901 e. The van der Waals surface area contributed by atoms with Gasteiger partial charge in [0.05, 0.1) is 0 Å². The summed E-state index contributed by atoms with van der Waals surface area (Å²) in [5, 5.41) is 0. The van der Waals surface area contributed by atoms with E-state index in [1.807, 2.05) is 12.1 Å². The van der Waals surface area contributed by atoms with Crippen LogP contribution in [0.15, 0.2) is 142 Å². The summed E-state index contributed by atoms with van der Waals surface area (Å²) in [5.74, 6) is 0. The van der Waals surface area contributed by atoms with Crippen LogP contribution in [0.1, 0.15) is 0 Å². The molecule has 5 aromatic carbocycles. The molecule has 0 aromatic heterocycles. The molecular weight excluding hydrogens is 569 g/mol. The third kappa shape index (κ3) is 9.81. The normalized spacial score (nSPS) is 13.0. The van der Waals surface area contributed by atoms with Gasteiger partial charge in [0.2, 0.25) is 0 Å². The molecule has 0 spiro atoms. The predicted molar refractivity (Wildman–Crippen MR) is 155 cm³/mol. The van der Waals surface area contributed by atoms with E-state index >= 15 is 0 Å². The first-order chi connectivity index (χ1) is 18.2. The molecule has 0 amide bonds. The van der Waals surface area contributed by atoms with Gasteiger partial charge < -0.3 is 0 Å². The van der Waals surface area contributed by atoms with Gasteiger partial charge in [-0.2, -0.15) is 0 Å².